The molecule has 3 N–H and O–H groups in total. The molecule has 1 aliphatic carbocycles. The molecule has 5 heterocycles. The fourth-order valence-corrected chi connectivity index (χ4v) is 4.34. The molecule has 6 rings (SSSR count). The van der Waals surface area contributed by atoms with Crippen molar-refractivity contribution in [3.63, 3.8) is 0 Å². The number of fused-ring (bicyclic) bond motifs is 1. The van der Waals surface area contributed by atoms with Crippen molar-refractivity contribution in [3.8, 4) is 0 Å². The van der Waals surface area contributed by atoms with E-state index in [4.69, 9.17) is 9.40 Å². The van der Waals surface area contributed by atoms with E-state index in [1.54, 1.807) is 6.26 Å². The number of nitrogens with zero attached hydrogens (tertiary/aromatic N) is 3. The van der Waals surface area contributed by atoms with Gasteiger partial charge in [0.15, 0.2) is 5.82 Å². The molecule has 0 aromatic carbocycles. The highest BCUT2D eigenvalue weighted by atomic mass is 35.5. The minimum absolute atomic E-state index is 0. The Balaban J connectivity index is 0.00000181. The third-order valence-electron chi connectivity index (χ3n) is 6.24. The summed E-state index contributed by atoms with van der Waals surface area (Å²) in [6.07, 6.45) is 4.06. The van der Waals surface area contributed by atoms with Crippen LogP contribution in [0.3, 0.4) is 0 Å². The second-order valence-electron chi connectivity index (χ2n) is 8.47. The number of hydrogen-bond acceptors (Lipinski definition) is 6. The molecule has 0 unspecified atom stereocenters. The highest BCUT2D eigenvalue weighted by Gasteiger charge is 2.49. The number of carbonyl (C=O) groups is 1. The van der Waals surface area contributed by atoms with Crippen LogP contribution in [0.2, 0.25) is 0 Å². The number of nitrogens with one attached hydrogen (secondary N) is 3. The molecular formula is C20H23ClN6O2. The Hall–Kier alpha value is -2.58. The summed E-state index contributed by atoms with van der Waals surface area (Å²) in [5.74, 6) is 1.88. The number of carbonyl (C=O) groups excluding carboxylic acids is 1. The lowest BCUT2D eigenvalue weighted by molar-refractivity contribution is -0.0251. The first-order chi connectivity index (χ1) is 13.6. The monoisotopic (exact) mass is 414 g/mol. The van der Waals surface area contributed by atoms with Gasteiger partial charge >= 0.3 is 0 Å². The normalized spacial score (nSPS) is 19.6. The molecule has 1 spiro atoms. The van der Waals surface area contributed by atoms with Gasteiger partial charge in [-0.15, -0.1) is 12.4 Å². The Morgan fingerprint density at radius 1 is 1.34 bits per heavy atom. The van der Waals surface area contributed by atoms with Gasteiger partial charge in [-0.05, 0) is 25.8 Å². The predicted octanol–water partition coefficient (Wildman–Crippen LogP) is 2.95. The molecule has 1 amide bonds. The van der Waals surface area contributed by atoms with E-state index in [9.17, 15) is 4.79 Å². The first-order valence-corrected chi connectivity index (χ1v) is 9.82. The Labute approximate surface area is 173 Å². The SMILES string of the molecule is Cc1c(C(=O)N2CC3(CNC3)C2)nc(Nc2cc(C3CC3)[nH]n2)c2ccoc12.Cl. The van der Waals surface area contributed by atoms with Gasteiger partial charge in [0.05, 0.1) is 11.6 Å². The summed E-state index contributed by atoms with van der Waals surface area (Å²) in [4.78, 5) is 19.7. The third kappa shape index (κ3) is 2.89. The van der Waals surface area contributed by atoms with E-state index in [1.807, 2.05) is 24.0 Å². The van der Waals surface area contributed by atoms with Crippen LogP contribution in [0.15, 0.2) is 22.8 Å². The second kappa shape index (κ2) is 6.47. The van der Waals surface area contributed by atoms with Crippen LogP contribution in [0.4, 0.5) is 11.6 Å². The van der Waals surface area contributed by atoms with Crippen molar-refractivity contribution in [1.29, 1.82) is 0 Å². The van der Waals surface area contributed by atoms with Crippen LogP contribution in [0.1, 0.15) is 40.5 Å². The average Bonchev–Trinajstić information content (AvgIpc) is 3.14. The quantitative estimate of drug-likeness (QED) is 0.607. The van der Waals surface area contributed by atoms with Crippen LogP contribution in [0, 0.1) is 12.3 Å². The number of likely N-dealkylation sites (tertiary alicyclic amines) is 1. The van der Waals surface area contributed by atoms with Crippen molar-refractivity contribution in [3.05, 3.63) is 35.3 Å². The maximum atomic E-state index is 13.1. The molecule has 152 valence electrons. The van der Waals surface area contributed by atoms with Crippen LogP contribution in [0.5, 0.6) is 0 Å². The van der Waals surface area contributed by atoms with E-state index in [0.29, 0.717) is 28.8 Å². The standard InChI is InChI=1S/C20H22N6O2.ClH/c1-11-16(19(27)26-9-20(10-26)7-21-8-20)23-18(13-4-5-28-17(11)13)22-15-6-14(24-25-15)12-2-3-12;/h4-6,12,21H,2-3,7-10H2,1H3,(H2,22,23,24,25);1H. The van der Waals surface area contributed by atoms with Crippen LogP contribution < -0.4 is 10.6 Å². The lowest BCUT2D eigenvalue weighted by Crippen LogP contribution is -2.72. The van der Waals surface area contributed by atoms with Crippen molar-refractivity contribution in [1.82, 2.24) is 25.4 Å². The lowest BCUT2D eigenvalue weighted by Gasteiger charge is -2.55. The summed E-state index contributed by atoms with van der Waals surface area (Å²) >= 11 is 0. The van der Waals surface area contributed by atoms with Crippen LogP contribution in [-0.2, 0) is 0 Å². The molecular weight excluding hydrogens is 392 g/mol. The number of aryl methyl sites for hydroxylation is 1. The first kappa shape index (κ1) is 18.4. The average molecular weight is 415 g/mol. The predicted molar refractivity (Wildman–Crippen MR) is 111 cm³/mol. The van der Waals surface area contributed by atoms with Gasteiger partial charge in [-0.2, -0.15) is 5.10 Å². The summed E-state index contributed by atoms with van der Waals surface area (Å²) in [5, 5.41) is 14.9. The highest BCUT2D eigenvalue weighted by molar-refractivity contribution is 6.02. The van der Waals surface area contributed by atoms with Gasteiger partial charge < -0.3 is 20.0 Å². The van der Waals surface area contributed by atoms with E-state index >= 15 is 0 Å². The molecule has 29 heavy (non-hydrogen) atoms. The summed E-state index contributed by atoms with van der Waals surface area (Å²) in [7, 11) is 0. The summed E-state index contributed by atoms with van der Waals surface area (Å²) in [6.45, 7) is 5.48. The summed E-state index contributed by atoms with van der Waals surface area (Å²) in [6, 6.07) is 3.90. The Kier molecular flexibility index (Phi) is 4.11. The van der Waals surface area contributed by atoms with Crippen molar-refractivity contribution in [2.75, 3.05) is 31.5 Å². The van der Waals surface area contributed by atoms with E-state index in [0.717, 1.165) is 42.8 Å². The smallest absolute Gasteiger partial charge is 0.273 e. The van der Waals surface area contributed by atoms with Crippen LogP contribution >= 0.6 is 12.4 Å². The Morgan fingerprint density at radius 3 is 2.83 bits per heavy atom. The Bertz CT molecular complexity index is 1090. The number of rotatable bonds is 4. The summed E-state index contributed by atoms with van der Waals surface area (Å²) < 4.78 is 5.69. The van der Waals surface area contributed by atoms with Crippen LogP contribution in [0.25, 0.3) is 11.0 Å². The van der Waals surface area contributed by atoms with Gasteiger partial charge in [0.25, 0.3) is 5.91 Å². The molecule has 3 fully saturated rings. The Morgan fingerprint density at radius 2 is 2.14 bits per heavy atom. The zero-order chi connectivity index (χ0) is 18.9. The second-order valence-corrected chi connectivity index (χ2v) is 8.47. The number of aromatic nitrogens is 3. The van der Waals surface area contributed by atoms with Crippen molar-refractivity contribution < 1.29 is 9.21 Å². The topological polar surface area (TPSA) is 99.1 Å². The zero-order valence-electron chi connectivity index (χ0n) is 16.1. The van der Waals surface area contributed by atoms with Crippen molar-refractivity contribution in [2.24, 2.45) is 5.41 Å². The number of amides is 1. The first-order valence-electron chi connectivity index (χ1n) is 9.82. The fraction of sp³-hybridized carbons (Fsp3) is 0.450. The van der Waals surface area contributed by atoms with E-state index < -0.39 is 0 Å². The number of furan rings is 1. The number of hydrogen-bond donors (Lipinski definition) is 3. The third-order valence-corrected chi connectivity index (χ3v) is 6.24. The zero-order valence-corrected chi connectivity index (χ0v) is 16.9. The minimum Gasteiger partial charge on any atom is -0.464 e. The number of pyridine rings is 1. The molecule has 2 aliphatic heterocycles. The molecule has 9 heteroatoms. The molecule has 0 radical (unpaired) electrons. The van der Waals surface area contributed by atoms with Gasteiger partial charge in [0, 0.05) is 54.8 Å². The molecule has 0 bridgehead atoms. The molecule has 3 aliphatic rings. The van der Waals surface area contributed by atoms with Gasteiger partial charge in [0.1, 0.15) is 17.1 Å². The largest absolute Gasteiger partial charge is 0.464 e. The maximum absolute atomic E-state index is 13.1. The van der Waals surface area contributed by atoms with Gasteiger partial charge in [0.2, 0.25) is 0 Å². The minimum atomic E-state index is -0.0305. The molecule has 3 aromatic heterocycles. The maximum Gasteiger partial charge on any atom is 0.273 e. The number of aromatic amines is 1. The lowest BCUT2D eigenvalue weighted by atomic mass is 9.74. The van der Waals surface area contributed by atoms with Gasteiger partial charge in [-0.1, -0.05) is 0 Å². The number of H-pyrrole nitrogens is 1. The van der Waals surface area contributed by atoms with Crippen LogP contribution in [-0.4, -0.2) is 52.2 Å². The van der Waals surface area contributed by atoms with E-state index in [1.165, 1.54) is 12.8 Å². The highest BCUT2D eigenvalue weighted by Crippen LogP contribution is 2.40. The fourth-order valence-electron chi connectivity index (χ4n) is 4.34. The molecule has 3 aromatic rings. The van der Waals surface area contributed by atoms with Gasteiger partial charge in [-0.3, -0.25) is 9.89 Å². The number of anilines is 2. The molecule has 1 saturated carbocycles. The number of halogens is 1. The van der Waals surface area contributed by atoms with E-state index in [-0.39, 0.29) is 23.7 Å². The molecule has 8 nitrogen and oxygen atoms in total. The van der Waals surface area contributed by atoms with E-state index in [2.05, 4.69) is 20.8 Å². The van der Waals surface area contributed by atoms with Crippen molar-refractivity contribution >= 4 is 40.9 Å². The van der Waals surface area contributed by atoms with Gasteiger partial charge in [-0.25, -0.2) is 4.98 Å². The van der Waals surface area contributed by atoms with Crippen molar-refractivity contribution in [2.45, 2.75) is 25.7 Å². The molecule has 2 saturated heterocycles. The summed E-state index contributed by atoms with van der Waals surface area (Å²) in [5.41, 5.74) is 3.36. The molecule has 0 atom stereocenters.